The van der Waals surface area contributed by atoms with Crippen LogP contribution in [0.25, 0.3) is 0 Å². The summed E-state index contributed by atoms with van der Waals surface area (Å²) in [5, 5.41) is 8.76. The van der Waals surface area contributed by atoms with Gasteiger partial charge in [0.25, 0.3) is 0 Å². The Bertz CT molecular complexity index is 403. The van der Waals surface area contributed by atoms with Crippen LogP contribution < -0.4 is 0 Å². The highest BCUT2D eigenvalue weighted by Crippen LogP contribution is 2.21. The van der Waals surface area contributed by atoms with E-state index in [1.165, 1.54) is 6.92 Å². The summed E-state index contributed by atoms with van der Waals surface area (Å²) in [6, 6.07) is 4.72. The zero-order chi connectivity index (χ0) is 11.4. The van der Waals surface area contributed by atoms with Crippen molar-refractivity contribution < 1.29 is 13.6 Å². The lowest BCUT2D eigenvalue weighted by atomic mass is 9.95. The van der Waals surface area contributed by atoms with Crippen molar-refractivity contribution in [1.29, 1.82) is 5.26 Å². The van der Waals surface area contributed by atoms with Gasteiger partial charge in [0, 0.05) is 12.5 Å². The summed E-state index contributed by atoms with van der Waals surface area (Å²) in [7, 11) is 0. The van der Waals surface area contributed by atoms with Crippen LogP contribution in [0.4, 0.5) is 8.78 Å². The topological polar surface area (TPSA) is 40.9 Å². The molecule has 0 spiro atoms. The van der Waals surface area contributed by atoms with Gasteiger partial charge in [-0.25, -0.2) is 8.78 Å². The molecule has 0 aliphatic heterocycles. The van der Waals surface area contributed by atoms with E-state index < -0.39 is 17.6 Å². The number of hydrogen-bond acceptors (Lipinski definition) is 2. The van der Waals surface area contributed by atoms with Gasteiger partial charge in [-0.15, -0.1) is 0 Å². The predicted molar refractivity (Wildman–Crippen MR) is 50.0 cm³/mol. The van der Waals surface area contributed by atoms with E-state index >= 15 is 0 Å². The van der Waals surface area contributed by atoms with Crippen molar-refractivity contribution in [3.05, 3.63) is 35.4 Å². The highest BCUT2D eigenvalue weighted by Gasteiger charge is 2.14. The van der Waals surface area contributed by atoms with Crippen molar-refractivity contribution in [2.75, 3.05) is 0 Å². The van der Waals surface area contributed by atoms with Crippen LogP contribution in [-0.4, -0.2) is 5.78 Å². The third-order valence-electron chi connectivity index (χ3n) is 1.93. The molecule has 1 atom stereocenters. The molecule has 4 heteroatoms. The smallest absolute Gasteiger partial charge is 0.131 e. The second-order valence-corrected chi connectivity index (χ2v) is 3.29. The molecule has 0 saturated carbocycles. The number of carbonyl (C=O) groups is 1. The summed E-state index contributed by atoms with van der Waals surface area (Å²) in [6.07, 6.45) is -0.0284. The molecule has 0 aromatic heterocycles. The number of benzene rings is 1. The molecular formula is C11H9F2NO. The molecule has 0 bridgehead atoms. The van der Waals surface area contributed by atoms with E-state index in [1.54, 1.807) is 0 Å². The summed E-state index contributed by atoms with van der Waals surface area (Å²) in [4.78, 5) is 10.8. The molecule has 1 unspecified atom stereocenters. The predicted octanol–water partition coefficient (Wildman–Crippen LogP) is 2.55. The van der Waals surface area contributed by atoms with Crippen molar-refractivity contribution in [3.8, 4) is 6.07 Å². The number of carbonyl (C=O) groups excluding carboxylic acids is 1. The lowest BCUT2D eigenvalue weighted by molar-refractivity contribution is -0.117. The Morgan fingerprint density at radius 1 is 1.40 bits per heavy atom. The maximum Gasteiger partial charge on any atom is 0.131 e. The molecule has 78 valence electrons. The Hall–Kier alpha value is -1.76. The average Bonchev–Trinajstić information content (AvgIpc) is 2.12. The van der Waals surface area contributed by atoms with Gasteiger partial charge in [0.05, 0.1) is 12.0 Å². The zero-order valence-electron chi connectivity index (χ0n) is 8.13. The summed E-state index contributed by atoms with van der Waals surface area (Å²) >= 11 is 0. The average molecular weight is 209 g/mol. The number of halogens is 2. The van der Waals surface area contributed by atoms with Crippen LogP contribution in [0.1, 0.15) is 24.8 Å². The van der Waals surface area contributed by atoms with Crippen molar-refractivity contribution >= 4 is 5.78 Å². The molecule has 1 rings (SSSR count). The van der Waals surface area contributed by atoms with Gasteiger partial charge in [0.2, 0.25) is 0 Å². The molecular weight excluding hydrogens is 200 g/mol. The molecule has 1 aromatic rings. The second-order valence-electron chi connectivity index (χ2n) is 3.29. The first kappa shape index (κ1) is 11.3. The number of nitriles is 1. The Balaban J connectivity index is 3.02. The minimum Gasteiger partial charge on any atom is -0.300 e. The molecule has 0 saturated heterocycles. The fourth-order valence-electron chi connectivity index (χ4n) is 1.30. The van der Waals surface area contributed by atoms with Crippen LogP contribution in [0.15, 0.2) is 18.2 Å². The molecule has 0 heterocycles. The van der Waals surface area contributed by atoms with Gasteiger partial charge in [0.15, 0.2) is 0 Å². The third-order valence-corrected chi connectivity index (χ3v) is 1.93. The molecule has 1 aromatic carbocycles. The van der Waals surface area contributed by atoms with Crippen molar-refractivity contribution in [1.82, 2.24) is 0 Å². The first-order valence-electron chi connectivity index (χ1n) is 4.38. The standard InChI is InChI=1S/C11H9F2NO/c1-7(15)2-9(6-14)8-3-10(12)5-11(13)4-8/h3-5,9H,2H2,1H3. The van der Waals surface area contributed by atoms with Gasteiger partial charge in [-0.3, -0.25) is 4.79 Å². The van der Waals surface area contributed by atoms with E-state index in [1.807, 2.05) is 6.07 Å². The van der Waals surface area contributed by atoms with Gasteiger partial charge in [0.1, 0.15) is 17.4 Å². The summed E-state index contributed by atoms with van der Waals surface area (Å²) in [5.74, 6) is -2.46. The van der Waals surface area contributed by atoms with Gasteiger partial charge < -0.3 is 0 Å². The second kappa shape index (κ2) is 4.65. The van der Waals surface area contributed by atoms with Crippen LogP contribution in [0.3, 0.4) is 0 Å². The lowest BCUT2D eigenvalue weighted by Crippen LogP contribution is -2.03. The lowest BCUT2D eigenvalue weighted by Gasteiger charge is -2.07. The number of ketones is 1. The van der Waals surface area contributed by atoms with Crippen LogP contribution in [0.2, 0.25) is 0 Å². The van der Waals surface area contributed by atoms with E-state index in [-0.39, 0.29) is 17.8 Å². The first-order chi connectivity index (χ1) is 7.02. The molecule has 0 aliphatic carbocycles. The van der Waals surface area contributed by atoms with Crippen molar-refractivity contribution in [2.24, 2.45) is 0 Å². The Morgan fingerprint density at radius 2 is 1.93 bits per heavy atom. The van der Waals surface area contributed by atoms with Crippen LogP contribution in [-0.2, 0) is 4.79 Å². The normalized spacial score (nSPS) is 11.9. The Labute approximate surface area is 86.1 Å². The minimum atomic E-state index is -0.785. The van der Waals surface area contributed by atoms with Gasteiger partial charge >= 0.3 is 0 Å². The number of rotatable bonds is 3. The molecule has 0 fully saturated rings. The van der Waals surface area contributed by atoms with Crippen LogP contribution >= 0.6 is 0 Å². The highest BCUT2D eigenvalue weighted by molar-refractivity contribution is 5.76. The number of hydrogen-bond donors (Lipinski definition) is 0. The number of nitrogens with zero attached hydrogens (tertiary/aromatic N) is 1. The van der Waals surface area contributed by atoms with E-state index in [9.17, 15) is 13.6 Å². The van der Waals surface area contributed by atoms with Gasteiger partial charge in [-0.2, -0.15) is 5.26 Å². The van der Waals surface area contributed by atoms with Crippen molar-refractivity contribution in [2.45, 2.75) is 19.3 Å². The minimum absolute atomic E-state index is 0.0284. The quantitative estimate of drug-likeness (QED) is 0.767. The van der Waals surface area contributed by atoms with Crippen LogP contribution in [0.5, 0.6) is 0 Å². The monoisotopic (exact) mass is 209 g/mol. The SMILES string of the molecule is CC(=O)CC(C#N)c1cc(F)cc(F)c1. The van der Waals surface area contributed by atoms with Gasteiger partial charge in [-0.1, -0.05) is 0 Å². The zero-order valence-corrected chi connectivity index (χ0v) is 8.13. The maximum absolute atomic E-state index is 12.8. The fraction of sp³-hybridized carbons (Fsp3) is 0.273. The molecule has 2 nitrogen and oxygen atoms in total. The van der Waals surface area contributed by atoms with Gasteiger partial charge in [-0.05, 0) is 24.6 Å². The third kappa shape index (κ3) is 3.13. The van der Waals surface area contributed by atoms with E-state index in [0.717, 1.165) is 18.2 Å². The molecule has 0 radical (unpaired) electrons. The fourth-order valence-corrected chi connectivity index (χ4v) is 1.30. The summed E-state index contributed by atoms with van der Waals surface area (Å²) in [6.45, 7) is 1.33. The number of Topliss-reactive ketones (excluding diaryl/α,β-unsaturated/α-hetero) is 1. The van der Waals surface area contributed by atoms with Crippen molar-refractivity contribution in [3.63, 3.8) is 0 Å². The molecule has 0 amide bonds. The van der Waals surface area contributed by atoms with E-state index in [2.05, 4.69) is 0 Å². The Morgan fingerprint density at radius 3 is 2.33 bits per heavy atom. The summed E-state index contributed by atoms with van der Waals surface area (Å²) < 4.78 is 25.7. The molecule has 0 N–H and O–H groups in total. The Kier molecular flexibility index (Phi) is 3.51. The van der Waals surface area contributed by atoms with E-state index in [4.69, 9.17) is 5.26 Å². The first-order valence-corrected chi connectivity index (χ1v) is 4.38. The molecule has 0 aliphatic rings. The molecule has 15 heavy (non-hydrogen) atoms. The van der Waals surface area contributed by atoms with Crippen LogP contribution in [0, 0.1) is 23.0 Å². The summed E-state index contributed by atoms with van der Waals surface area (Å²) in [5.41, 5.74) is 0.199. The maximum atomic E-state index is 12.8. The highest BCUT2D eigenvalue weighted by atomic mass is 19.1. The van der Waals surface area contributed by atoms with E-state index in [0.29, 0.717) is 0 Å². The largest absolute Gasteiger partial charge is 0.300 e.